The van der Waals surface area contributed by atoms with Crippen LogP contribution >= 0.6 is 8.25 Å². The van der Waals surface area contributed by atoms with Crippen molar-refractivity contribution in [2.45, 2.75) is 45.2 Å². The molecule has 1 radical (unpaired) electrons. The number of halogens is 1. The van der Waals surface area contributed by atoms with Gasteiger partial charge in [-0.15, -0.1) is 0 Å². The summed E-state index contributed by atoms with van der Waals surface area (Å²) in [6, 6.07) is 0. The first kappa shape index (κ1) is 12.0. The van der Waals surface area contributed by atoms with E-state index >= 15 is 0 Å². The van der Waals surface area contributed by atoms with Crippen LogP contribution in [0.25, 0.3) is 0 Å². The van der Waals surface area contributed by atoms with Crippen LogP contribution < -0.4 is 0 Å². The third kappa shape index (κ3) is 2.47. The van der Waals surface area contributed by atoms with Crippen molar-refractivity contribution in [2.24, 2.45) is 0 Å². The molecule has 0 saturated carbocycles. The van der Waals surface area contributed by atoms with Gasteiger partial charge in [-0.1, -0.05) is 0 Å². The second kappa shape index (κ2) is 3.80. The number of hydrogen-bond donors (Lipinski definition) is 0. The predicted molar refractivity (Wildman–Crippen MR) is 49.2 cm³/mol. The molecule has 0 N–H and O–H groups in total. The fraction of sp³-hybridized carbons (Fsp3) is 0.778. The summed E-state index contributed by atoms with van der Waals surface area (Å²) in [5.74, 6) is 0. The molecule has 0 unspecified atom stereocenters. The van der Waals surface area contributed by atoms with Crippen molar-refractivity contribution < 1.29 is 28.5 Å². The maximum atomic E-state index is 11.9. The second-order valence-corrected chi connectivity index (χ2v) is 11.8. The van der Waals surface area contributed by atoms with Crippen molar-refractivity contribution in [1.82, 2.24) is 5.06 Å². The van der Waals surface area contributed by atoms with Crippen LogP contribution in [0, 0.1) is 0 Å². The molecule has 0 aromatic heterocycles. The summed E-state index contributed by atoms with van der Waals surface area (Å²) in [5, 5.41) is 13.1. The Hall–Kier alpha value is 0.885. The summed E-state index contributed by atoms with van der Waals surface area (Å²) in [4.78, 5) is 0. The fourth-order valence-corrected chi connectivity index (χ4v) is 8.60. The number of rotatable bonds is 1. The van der Waals surface area contributed by atoms with Gasteiger partial charge < -0.3 is 0 Å². The van der Waals surface area contributed by atoms with Crippen LogP contribution in [0.3, 0.4) is 0 Å². The molecule has 1 aliphatic heterocycles. The molecule has 1 aliphatic rings. The Bertz CT molecular complexity index is 238. The molecule has 0 bridgehead atoms. The van der Waals surface area contributed by atoms with E-state index in [-0.39, 0.29) is 11.1 Å². The molecule has 0 saturated heterocycles. The second-order valence-electron chi connectivity index (χ2n) is 4.87. The van der Waals surface area contributed by atoms with Gasteiger partial charge in [0, 0.05) is 0 Å². The first-order valence-electron chi connectivity index (χ1n) is 4.54. The SMILES string of the molecule is CC1(C)C=[C]([Hg][Cl])CC(C)(C)N1[O]. The van der Waals surface area contributed by atoms with E-state index in [2.05, 4.69) is 6.08 Å². The van der Waals surface area contributed by atoms with Gasteiger partial charge in [0.05, 0.1) is 0 Å². The molecular formula is C9H15ClHgNO. The summed E-state index contributed by atoms with van der Waals surface area (Å²) in [5.41, 5.74) is -0.644. The van der Waals surface area contributed by atoms with Gasteiger partial charge in [0.2, 0.25) is 0 Å². The molecule has 71 valence electrons. The Kier molecular flexibility index (Phi) is 3.50. The average molecular weight is 389 g/mol. The van der Waals surface area contributed by atoms with Gasteiger partial charge in [-0.25, -0.2) is 0 Å². The molecule has 0 aliphatic carbocycles. The molecule has 0 spiro atoms. The zero-order valence-electron chi connectivity index (χ0n) is 8.72. The Labute approximate surface area is 95.8 Å². The van der Waals surface area contributed by atoms with Crippen molar-refractivity contribution in [3.63, 3.8) is 0 Å². The van der Waals surface area contributed by atoms with Gasteiger partial charge in [-0.2, -0.15) is 0 Å². The normalized spacial score (nSPS) is 26.5. The third-order valence-electron chi connectivity index (χ3n) is 2.46. The van der Waals surface area contributed by atoms with Crippen LogP contribution in [0.5, 0.6) is 0 Å². The van der Waals surface area contributed by atoms with Crippen LogP contribution in [0.1, 0.15) is 34.1 Å². The zero-order valence-corrected chi connectivity index (χ0v) is 15.0. The van der Waals surface area contributed by atoms with Crippen molar-refractivity contribution >= 4 is 8.25 Å². The van der Waals surface area contributed by atoms with Gasteiger partial charge in [0.1, 0.15) is 0 Å². The average Bonchev–Trinajstić information content (AvgIpc) is 1.99. The van der Waals surface area contributed by atoms with Crippen molar-refractivity contribution in [3.05, 3.63) is 9.16 Å². The van der Waals surface area contributed by atoms with Gasteiger partial charge in [0.15, 0.2) is 0 Å². The van der Waals surface area contributed by atoms with Crippen LogP contribution in [-0.2, 0) is 28.5 Å². The predicted octanol–water partition coefficient (Wildman–Crippen LogP) is 2.72. The van der Waals surface area contributed by atoms with Crippen LogP contribution in [0.4, 0.5) is 0 Å². The monoisotopic (exact) mass is 390 g/mol. The molecule has 0 fully saturated rings. The van der Waals surface area contributed by atoms with E-state index in [1.807, 2.05) is 27.7 Å². The van der Waals surface area contributed by atoms with E-state index in [0.29, 0.717) is 0 Å². The molecule has 13 heavy (non-hydrogen) atoms. The molecule has 0 aromatic carbocycles. The maximum absolute atomic E-state index is 11.9. The fourth-order valence-electron chi connectivity index (χ4n) is 2.10. The zero-order chi connectivity index (χ0) is 10.3. The minimum atomic E-state index is -1.32. The molecule has 1 rings (SSSR count). The van der Waals surface area contributed by atoms with Gasteiger partial charge in [-0.3, -0.25) is 0 Å². The van der Waals surface area contributed by atoms with Gasteiger partial charge in [-0.05, 0) is 0 Å². The van der Waals surface area contributed by atoms with E-state index in [1.165, 1.54) is 8.15 Å². The summed E-state index contributed by atoms with van der Waals surface area (Å²) in [6.07, 6.45) is 2.95. The van der Waals surface area contributed by atoms with Crippen molar-refractivity contribution in [3.8, 4) is 0 Å². The molecule has 4 heteroatoms. The van der Waals surface area contributed by atoms with E-state index in [4.69, 9.17) is 8.25 Å². The van der Waals surface area contributed by atoms with Crippen LogP contribution in [0.2, 0.25) is 0 Å². The quantitative estimate of drug-likeness (QED) is 0.633. The molecular weight excluding hydrogens is 374 g/mol. The number of hydrogen-bond acceptors (Lipinski definition) is 1. The number of hydroxylamine groups is 2. The molecule has 2 nitrogen and oxygen atoms in total. The van der Waals surface area contributed by atoms with Crippen molar-refractivity contribution in [1.29, 1.82) is 0 Å². The minimum absolute atomic E-state index is 0.275. The first-order chi connectivity index (χ1) is 5.79. The van der Waals surface area contributed by atoms with E-state index in [9.17, 15) is 5.21 Å². The Morgan fingerprint density at radius 3 is 2.38 bits per heavy atom. The first-order valence-corrected chi connectivity index (χ1v) is 14.1. The Morgan fingerprint density at radius 2 is 2.00 bits per heavy atom. The molecule has 0 atom stereocenters. The van der Waals surface area contributed by atoms with E-state index < -0.39 is 23.3 Å². The van der Waals surface area contributed by atoms with E-state index in [1.54, 1.807) is 0 Å². The molecule has 1 heterocycles. The topological polar surface area (TPSA) is 23.1 Å². The Balaban J connectivity index is 3.01. The summed E-state index contributed by atoms with van der Waals surface area (Å²) in [7, 11) is 6.02. The van der Waals surface area contributed by atoms with Gasteiger partial charge >= 0.3 is 96.2 Å². The Morgan fingerprint density at radius 1 is 1.46 bits per heavy atom. The molecule has 0 amide bonds. The number of nitrogens with zero attached hydrogens (tertiary/aromatic N) is 1. The standard InChI is InChI=1S/C9H15NO.ClH.Hg/c1-8(2)6-5-7-9(3,4)10(8)11;;/h6H,7H2,1-4H3;1H;/q;;+1/p-1. The molecule has 0 aromatic rings. The third-order valence-corrected chi connectivity index (χ3v) is 8.57. The van der Waals surface area contributed by atoms with Gasteiger partial charge in [0.25, 0.3) is 0 Å². The summed E-state index contributed by atoms with van der Waals surface area (Å²) >= 11 is -1.32. The van der Waals surface area contributed by atoms with Crippen LogP contribution in [0.15, 0.2) is 9.16 Å². The van der Waals surface area contributed by atoms with Crippen molar-refractivity contribution in [2.75, 3.05) is 0 Å². The van der Waals surface area contributed by atoms with Crippen LogP contribution in [-0.4, -0.2) is 16.1 Å². The summed E-state index contributed by atoms with van der Waals surface area (Å²) in [6.45, 7) is 7.91. The van der Waals surface area contributed by atoms with E-state index in [0.717, 1.165) is 6.42 Å². The summed E-state index contributed by atoms with van der Waals surface area (Å²) < 4.78 is 1.39.